The first-order valence-corrected chi connectivity index (χ1v) is 7.34. The maximum Gasteiger partial charge on any atom is 0.223 e. The Hall–Kier alpha value is -0.610. The van der Waals surface area contributed by atoms with Gasteiger partial charge in [0.1, 0.15) is 0 Å². The summed E-state index contributed by atoms with van der Waals surface area (Å²) in [5.41, 5.74) is 0. The van der Waals surface area contributed by atoms with E-state index >= 15 is 0 Å². The number of nitrogens with one attached hydrogen (secondary N) is 2. The second kappa shape index (κ2) is 6.53. The fourth-order valence-electron chi connectivity index (χ4n) is 3.17. The van der Waals surface area contributed by atoms with Crippen molar-refractivity contribution >= 4 is 5.91 Å². The van der Waals surface area contributed by atoms with Gasteiger partial charge in [-0.2, -0.15) is 0 Å². The Kier molecular flexibility index (Phi) is 5.01. The largest absolute Gasteiger partial charge is 0.353 e. The number of rotatable bonds is 3. The predicted octanol–water partition coefficient (Wildman–Crippen LogP) is 0.975. The van der Waals surface area contributed by atoms with Gasteiger partial charge in [-0.3, -0.25) is 4.79 Å². The summed E-state index contributed by atoms with van der Waals surface area (Å²) in [5, 5.41) is 6.59. The number of hydrogen-bond acceptors (Lipinski definition) is 3. The number of piperidine rings is 1. The Labute approximate surface area is 110 Å². The summed E-state index contributed by atoms with van der Waals surface area (Å²) in [7, 11) is 4.28. The van der Waals surface area contributed by atoms with Gasteiger partial charge in [-0.25, -0.2) is 0 Å². The first-order valence-electron chi connectivity index (χ1n) is 7.34. The van der Waals surface area contributed by atoms with E-state index in [0.717, 1.165) is 38.8 Å². The van der Waals surface area contributed by atoms with E-state index in [0.29, 0.717) is 18.0 Å². The van der Waals surface area contributed by atoms with Gasteiger partial charge in [0.05, 0.1) is 0 Å². The molecule has 2 fully saturated rings. The topological polar surface area (TPSA) is 44.4 Å². The molecule has 2 aliphatic rings. The molecule has 0 aromatic rings. The molecule has 1 aliphatic carbocycles. The third kappa shape index (κ3) is 3.69. The molecule has 1 saturated carbocycles. The zero-order valence-corrected chi connectivity index (χ0v) is 11.7. The SMILES string of the molecule is CN(C)C1CCCC(NC(=O)C2CCNCC2)C1. The molecule has 0 spiro atoms. The molecule has 18 heavy (non-hydrogen) atoms. The van der Waals surface area contributed by atoms with Crippen LogP contribution in [-0.2, 0) is 4.79 Å². The van der Waals surface area contributed by atoms with Crippen molar-refractivity contribution in [2.45, 2.75) is 50.6 Å². The molecule has 2 atom stereocenters. The molecule has 2 N–H and O–H groups in total. The normalized spacial score (nSPS) is 30.4. The van der Waals surface area contributed by atoms with Gasteiger partial charge in [-0.1, -0.05) is 0 Å². The molecule has 1 heterocycles. The van der Waals surface area contributed by atoms with E-state index in [1.165, 1.54) is 12.8 Å². The van der Waals surface area contributed by atoms with E-state index in [1.54, 1.807) is 0 Å². The molecule has 4 nitrogen and oxygen atoms in total. The lowest BCUT2D eigenvalue weighted by molar-refractivity contribution is -0.126. The van der Waals surface area contributed by atoms with E-state index in [-0.39, 0.29) is 5.92 Å². The minimum Gasteiger partial charge on any atom is -0.353 e. The molecular formula is C14H27N3O. The van der Waals surface area contributed by atoms with Crippen LogP contribution in [0.4, 0.5) is 0 Å². The van der Waals surface area contributed by atoms with Gasteiger partial charge in [0, 0.05) is 18.0 Å². The summed E-state index contributed by atoms with van der Waals surface area (Å²) in [6.45, 7) is 1.98. The monoisotopic (exact) mass is 253 g/mol. The van der Waals surface area contributed by atoms with Gasteiger partial charge < -0.3 is 15.5 Å². The highest BCUT2D eigenvalue weighted by atomic mass is 16.1. The molecule has 0 aromatic carbocycles. The molecule has 4 heteroatoms. The molecule has 2 unspecified atom stereocenters. The maximum absolute atomic E-state index is 12.2. The van der Waals surface area contributed by atoms with Crippen LogP contribution in [0.2, 0.25) is 0 Å². The van der Waals surface area contributed by atoms with Gasteiger partial charge >= 0.3 is 0 Å². The average Bonchev–Trinajstić information content (AvgIpc) is 2.40. The van der Waals surface area contributed by atoms with Crippen LogP contribution in [-0.4, -0.2) is 50.1 Å². The summed E-state index contributed by atoms with van der Waals surface area (Å²) in [6.07, 6.45) is 6.77. The van der Waals surface area contributed by atoms with Gasteiger partial charge in [0.25, 0.3) is 0 Å². The van der Waals surface area contributed by atoms with E-state index in [4.69, 9.17) is 0 Å². The fraction of sp³-hybridized carbons (Fsp3) is 0.929. The number of nitrogens with zero attached hydrogens (tertiary/aromatic N) is 1. The van der Waals surface area contributed by atoms with Crippen LogP contribution in [0, 0.1) is 5.92 Å². The molecule has 104 valence electrons. The van der Waals surface area contributed by atoms with Crippen LogP contribution >= 0.6 is 0 Å². The predicted molar refractivity (Wildman–Crippen MR) is 73.5 cm³/mol. The minimum absolute atomic E-state index is 0.242. The third-order valence-electron chi connectivity index (χ3n) is 4.43. The van der Waals surface area contributed by atoms with E-state index in [2.05, 4.69) is 29.6 Å². The first-order chi connectivity index (χ1) is 8.66. The highest BCUT2D eigenvalue weighted by Gasteiger charge is 2.27. The van der Waals surface area contributed by atoms with Crippen molar-refractivity contribution in [1.82, 2.24) is 15.5 Å². The zero-order chi connectivity index (χ0) is 13.0. The molecule has 1 amide bonds. The highest BCUT2D eigenvalue weighted by Crippen LogP contribution is 2.22. The summed E-state index contributed by atoms with van der Waals surface area (Å²) >= 11 is 0. The van der Waals surface area contributed by atoms with Crippen molar-refractivity contribution in [2.75, 3.05) is 27.2 Å². The first kappa shape index (κ1) is 13.8. The molecule has 0 aromatic heterocycles. The molecule has 0 radical (unpaired) electrons. The Morgan fingerprint density at radius 2 is 1.89 bits per heavy atom. The third-order valence-corrected chi connectivity index (χ3v) is 4.43. The van der Waals surface area contributed by atoms with E-state index < -0.39 is 0 Å². The standard InChI is InChI=1S/C14H27N3O/c1-17(2)13-5-3-4-12(10-13)16-14(18)11-6-8-15-9-7-11/h11-13,15H,3-10H2,1-2H3,(H,16,18). The second-order valence-electron chi connectivity index (χ2n) is 6.01. The van der Waals surface area contributed by atoms with E-state index in [1.807, 2.05) is 0 Å². The summed E-state index contributed by atoms with van der Waals surface area (Å²) in [5.74, 6) is 0.534. The highest BCUT2D eigenvalue weighted by molar-refractivity contribution is 5.79. The van der Waals surface area contributed by atoms with Crippen LogP contribution in [0.1, 0.15) is 38.5 Å². The Bertz CT molecular complexity index is 274. The number of carbonyl (C=O) groups is 1. The van der Waals surface area contributed by atoms with E-state index in [9.17, 15) is 4.79 Å². The summed E-state index contributed by atoms with van der Waals surface area (Å²) in [4.78, 5) is 14.5. The Morgan fingerprint density at radius 1 is 1.17 bits per heavy atom. The van der Waals surface area contributed by atoms with Crippen molar-refractivity contribution in [3.05, 3.63) is 0 Å². The van der Waals surface area contributed by atoms with Gasteiger partial charge in [-0.05, 0) is 65.7 Å². The molecule has 1 aliphatic heterocycles. The molecule has 1 saturated heterocycles. The lowest BCUT2D eigenvalue weighted by Gasteiger charge is -2.34. The maximum atomic E-state index is 12.2. The van der Waals surface area contributed by atoms with Crippen LogP contribution in [0.15, 0.2) is 0 Å². The quantitative estimate of drug-likeness (QED) is 0.788. The molecular weight excluding hydrogens is 226 g/mol. The lowest BCUT2D eigenvalue weighted by atomic mass is 9.89. The number of amides is 1. The fourth-order valence-corrected chi connectivity index (χ4v) is 3.17. The van der Waals surface area contributed by atoms with Crippen LogP contribution in [0.3, 0.4) is 0 Å². The Balaban J connectivity index is 1.79. The van der Waals surface area contributed by atoms with Crippen molar-refractivity contribution in [3.63, 3.8) is 0 Å². The van der Waals surface area contributed by atoms with Crippen molar-refractivity contribution in [1.29, 1.82) is 0 Å². The molecule has 0 bridgehead atoms. The van der Waals surface area contributed by atoms with Crippen LogP contribution in [0.5, 0.6) is 0 Å². The zero-order valence-electron chi connectivity index (χ0n) is 11.7. The number of carbonyl (C=O) groups excluding carboxylic acids is 1. The lowest BCUT2D eigenvalue weighted by Crippen LogP contribution is -2.47. The smallest absolute Gasteiger partial charge is 0.223 e. The average molecular weight is 253 g/mol. The van der Waals surface area contributed by atoms with Crippen LogP contribution in [0.25, 0.3) is 0 Å². The van der Waals surface area contributed by atoms with Crippen molar-refractivity contribution in [3.8, 4) is 0 Å². The minimum atomic E-state index is 0.242. The van der Waals surface area contributed by atoms with Gasteiger partial charge in [0.2, 0.25) is 5.91 Å². The van der Waals surface area contributed by atoms with Gasteiger partial charge in [-0.15, -0.1) is 0 Å². The summed E-state index contributed by atoms with van der Waals surface area (Å²) < 4.78 is 0. The number of hydrogen-bond donors (Lipinski definition) is 2. The Morgan fingerprint density at radius 3 is 2.56 bits per heavy atom. The van der Waals surface area contributed by atoms with Gasteiger partial charge in [0.15, 0.2) is 0 Å². The summed E-state index contributed by atoms with van der Waals surface area (Å²) in [6, 6.07) is 1.03. The second-order valence-corrected chi connectivity index (χ2v) is 6.01. The molecule has 2 rings (SSSR count). The van der Waals surface area contributed by atoms with Crippen molar-refractivity contribution in [2.24, 2.45) is 5.92 Å². The van der Waals surface area contributed by atoms with Crippen molar-refractivity contribution < 1.29 is 4.79 Å². The van der Waals surface area contributed by atoms with Crippen LogP contribution < -0.4 is 10.6 Å².